The Morgan fingerprint density at radius 3 is 2.23 bits per heavy atom. The van der Waals surface area contributed by atoms with Gasteiger partial charge in [0, 0.05) is 40.3 Å². The molecule has 0 saturated carbocycles. The second-order valence-corrected chi connectivity index (χ2v) is 10.9. The Hall–Kier alpha value is -4.98. The smallest absolute Gasteiger partial charge is 0.339 e. The summed E-state index contributed by atoms with van der Waals surface area (Å²) in [6, 6.07) is 12.5. The summed E-state index contributed by atoms with van der Waals surface area (Å²) in [6.45, 7) is 4.44. The summed E-state index contributed by atoms with van der Waals surface area (Å²) in [5, 5.41) is 3.46. The monoisotopic (exact) mass is 619 g/mol. The average Bonchev–Trinajstić information content (AvgIpc) is 3.42. The highest BCUT2D eigenvalue weighted by atomic mass is 32.1. The molecule has 14 heteroatoms. The lowest BCUT2D eigenvalue weighted by atomic mass is 10.1. The third-order valence-corrected chi connectivity index (χ3v) is 8.09. The quantitative estimate of drug-likeness (QED) is 0.251. The molecule has 1 fully saturated rings. The number of carbonyl (C=O) groups is 2. The largest absolute Gasteiger partial charge is 0.465 e. The standard InChI is InChI=1S/C30H33N7O6S/c1-18-6-8-19(9-7-18)17-37-23-24(33(2)30(41)34(3)25(23)38)32-28(37)35-12-14-36(15-13-35)29(44)31-22-16-20(26(39)42-4)10-11-21(22)27(40)43-5/h6-11,16H,12-15,17H2,1-5H3,(H,31,44). The van der Waals surface area contributed by atoms with E-state index in [9.17, 15) is 19.2 Å². The van der Waals surface area contributed by atoms with Crippen molar-refractivity contribution < 1.29 is 19.1 Å². The number of ether oxygens (including phenoxy) is 2. The van der Waals surface area contributed by atoms with E-state index in [4.69, 9.17) is 26.7 Å². The van der Waals surface area contributed by atoms with Gasteiger partial charge >= 0.3 is 17.6 Å². The molecule has 13 nitrogen and oxygen atoms in total. The lowest BCUT2D eigenvalue weighted by Crippen LogP contribution is -2.50. The average molecular weight is 620 g/mol. The molecule has 0 aliphatic carbocycles. The molecule has 1 aliphatic heterocycles. The number of rotatable bonds is 6. The molecule has 2 aromatic heterocycles. The number of piperazine rings is 1. The number of nitrogens with one attached hydrogen (secondary N) is 1. The van der Waals surface area contributed by atoms with E-state index in [2.05, 4.69) is 10.2 Å². The van der Waals surface area contributed by atoms with Gasteiger partial charge in [-0.05, 0) is 42.9 Å². The molecule has 1 aliphatic rings. The number of benzene rings is 2. The van der Waals surface area contributed by atoms with Crippen molar-refractivity contribution in [3.05, 3.63) is 85.6 Å². The van der Waals surface area contributed by atoms with Crippen LogP contribution in [0.15, 0.2) is 52.1 Å². The van der Waals surface area contributed by atoms with Crippen LogP contribution in [0.25, 0.3) is 11.2 Å². The van der Waals surface area contributed by atoms with Crippen LogP contribution in [0, 0.1) is 6.92 Å². The maximum absolute atomic E-state index is 13.3. The zero-order chi connectivity index (χ0) is 31.7. The summed E-state index contributed by atoms with van der Waals surface area (Å²) in [5.74, 6) is -0.550. The van der Waals surface area contributed by atoms with Crippen molar-refractivity contribution in [3.63, 3.8) is 0 Å². The summed E-state index contributed by atoms with van der Waals surface area (Å²) in [7, 11) is 5.63. The Kier molecular flexibility index (Phi) is 8.54. The van der Waals surface area contributed by atoms with Crippen molar-refractivity contribution in [1.82, 2.24) is 23.6 Å². The fraction of sp³-hybridized carbons (Fsp3) is 0.333. The summed E-state index contributed by atoms with van der Waals surface area (Å²) in [5.41, 5.74) is 2.73. The predicted octanol–water partition coefficient (Wildman–Crippen LogP) is 1.88. The van der Waals surface area contributed by atoms with Gasteiger partial charge < -0.3 is 24.6 Å². The first-order valence-corrected chi connectivity index (χ1v) is 14.3. The number of fused-ring (bicyclic) bond motifs is 1. The first kappa shape index (κ1) is 30.5. The zero-order valence-corrected chi connectivity index (χ0v) is 25.9. The van der Waals surface area contributed by atoms with Gasteiger partial charge in [0.2, 0.25) is 5.95 Å². The molecule has 44 heavy (non-hydrogen) atoms. The normalized spacial score (nSPS) is 13.2. The van der Waals surface area contributed by atoms with Crippen molar-refractivity contribution in [2.24, 2.45) is 14.1 Å². The molecule has 3 heterocycles. The van der Waals surface area contributed by atoms with Crippen LogP contribution >= 0.6 is 12.2 Å². The first-order valence-electron chi connectivity index (χ1n) is 13.9. The Morgan fingerprint density at radius 1 is 0.932 bits per heavy atom. The van der Waals surface area contributed by atoms with Crippen LogP contribution in [-0.2, 0) is 30.1 Å². The van der Waals surface area contributed by atoms with E-state index in [0.717, 1.165) is 15.7 Å². The summed E-state index contributed by atoms with van der Waals surface area (Å²) in [6.07, 6.45) is 0. The fourth-order valence-electron chi connectivity index (χ4n) is 5.19. The molecule has 4 aromatic rings. The van der Waals surface area contributed by atoms with Gasteiger partial charge in [-0.3, -0.25) is 18.5 Å². The maximum atomic E-state index is 13.3. The number of imidazole rings is 1. The molecule has 0 unspecified atom stereocenters. The minimum atomic E-state index is -0.579. The van der Waals surface area contributed by atoms with Crippen molar-refractivity contribution in [3.8, 4) is 0 Å². The van der Waals surface area contributed by atoms with E-state index < -0.39 is 23.2 Å². The third kappa shape index (κ3) is 5.67. The van der Waals surface area contributed by atoms with Crippen LogP contribution in [-0.4, -0.2) is 81.0 Å². The molecule has 0 amide bonds. The van der Waals surface area contributed by atoms with Gasteiger partial charge in [0.05, 0.1) is 37.6 Å². The lowest BCUT2D eigenvalue weighted by molar-refractivity contribution is 0.0587. The van der Waals surface area contributed by atoms with Crippen molar-refractivity contribution >= 4 is 52.1 Å². The summed E-state index contributed by atoms with van der Waals surface area (Å²) < 4.78 is 14.1. The number of anilines is 2. The molecule has 1 N–H and O–H groups in total. The maximum Gasteiger partial charge on any atom is 0.339 e. The Labute approximate surface area is 258 Å². The number of esters is 2. The highest BCUT2D eigenvalue weighted by Gasteiger charge is 2.27. The molecule has 0 bridgehead atoms. The second kappa shape index (κ2) is 12.3. The minimum absolute atomic E-state index is 0.221. The molecule has 0 radical (unpaired) electrons. The van der Waals surface area contributed by atoms with Crippen LogP contribution in [0.5, 0.6) is 0 Å². The van der Waals surface area contributed by atoms with Crippen LogP contribution in [0.4, 0.5) is 11.6 Å². The number of carbonyl (C=O) groups excluding carboxylic acids is 2. The van der Waals surface area contributed by atoms with Crippen LogP contribution in [0.2, 0.25) is 0 Å². The fourth-order valence-corrected chi connectivity index (χ4v) is 5.48. The number of nitrogens with zero attached hydrogens (tertiary/aromatic N) is 6. The van der Waals surface area contributed by atoms with Crippen LogP contribution in [0.1, 0.15) is 31.8 Å². The van der Waals surface area contributed by atoms with Gasteiger partial charge in [0.15, 0.2) is 16.3 Å². The van der Waals surface area contributed by atoms with Gasteiger partial charge in [0.1, 0.15) is 0 Å². The van der Waals surface area contributed by atoms with E-state index in [-0.39, 0.29) is 11.1 Å². The molecule has 5 rings (SSSR count). The minimum Gasteiger partial charge on any atom is -0.465 e. The molecule has 0 atom stereocenters. The molecule has 0 spiro atoms. The molecule has 230 valence electrons. The van der Waals surface area contributed by atoms with E-state index in [1.807, 2.05) is 40.7 Å². The van der Waals surface area contributed by atoms with Crippen LogP contribution < -0.4 is 21.5 Å². The Balaban J connectivity index is 1.42. The number of hydrogen-bond acceptors (Lipinski definition) is 9. The third-order valence-electron chi connectivity index (χ3n) is 7.73. The number of thiocarbonyl (C=S) groups is 1. The van der Waals surface area contributed by atoms with Gasteiger partial charge in [0.25, 0.3) is 5.56 Å². The molecular weight excluding hydrogens is 586 g/mol. The van der Waals surface area contributed by atoms with Gasteiger partial charge in [-0.15, -0.1) is 0 Å². The SMILES string of the molecule is COC(=O)c1ccc(C(=O)OC)c(NC(=S)N2CCN(c3nc4c(c(=O)n(C)c(=O)n4C)n3Cc3ccc(C)cc3)CC2)c1. The van der Waals surface area contributed by atoms with Crippen LogP contribution in [0.3, 0.4) is 0 Å². The van der Waals surface area contributed by atoms with E-state index >= 15 is 0 Å². The number of aryl methyl sites for hydroxylation is 2. The van der Waals surface area contributed by atoms with E-state index in [1.165, 1.54) is 44.0 Å². The number of hydrogen-bond donors (Lipinski definition) is 1. The van der Waals surface area contributed by atoms with Gasteiger partial charge in [-0.2, -0.15) is 4.98 Å². The second-order valence-electron chi connectivity index (χ2n) is 10.5. The van der Waals surface area contributed by atoms with E-state index in [1.54, 1.807) is 7.05 Å². The van der Waals surface area contributed by atoms with Crippen molar-refractivity contribution in [1.29, 1.82) is 0 Å². The Bertz CT molecular complexity index is 1890. The predicted molar refractivity (Wildman–Crippen MR) is 170 cm³/mol. The van der Waals surface area contributed by atoms with Gasteiger partial charge in [-0.1, -0.05) is 29.8 Å². The lowest BCUT2D eigenvalue weighted by Gasteiger charge is -2.37. The van der Waals surface area contributed by atoms with Crippen molar-refractivity contribution in [2.45, 2.75) is 13.5 Å². The van der Waals surface area contributed by atoms with Crippen molar-refractivity contribution in [2.75, 3.05) is 50.6 Å². The highest BCUT2D eigenvalue weighted by molar-refractivity contribution is 7.80. The van der Waals surface area contributed by atoms with Gasteiger partial charge in [-0.25, -0.2) is 14.4 Å². The first-order chi connectivity index (χ1) is 21.0. The Morgan fingerprint density at radius 2 is 1.59 bits per heavy atom. The summed E-state index contributed by atoms with van der Waals surface area (Å²) >= 11 is 5.69. The molecule has 1 saturated heterocycles. The zero-order valence-electron chi connectivity index (χ0n) is 25.1. The highest BCUT2D eigenvalue weighted by Crippen LogP contribution is 2.24. The topological polar surface area (TPSA) is 133 Å². The number of aromatic nitrogens is 4. The number of methoxy groups -OCH3 is 2. The van der Waals surface area contributed by atoms with E-state index in [0.29, 0.717) is 60.6 Å². The molecule has 2 aromatic carbocycles. The summed E-state index contributed by atoms with van der Waals surface area (Å²) in [4.78, 5) is 59.4. The molecular formula is C30H33N7O6S.